The number of carbonyl (C=O) groups excluding carboxylic acids is 2. The Hall–Kier alpha value is -2.50. The fourth-order valence-electron chi connectivity index (χ4n) is 5.26. The van der Waals surface area contributed by atoms with Gasteiger partial charge in [0.2, 0.25) is 5.91 Å². The van der Waals surface area contributed by atoms with Crippen LogP contribution in [0.15, 0.2) is 34.9 Å². The monoisotopic (exact) mass is 439 g/mol. The molecule has 2 aromatic heterocycles. The molecule has 3 heterocycles. The topological polar surface area (TPSA) is 67.5 Å². The third kappa shape index (κ3) is 4.00. The van der Waals surface area contributed by atoms with Crippen LogP contribution in [0.3, 0.4) is 0 Å². The molecule has 0 radical (unpaired) electrons. The van der Waals surface area contributed by atoms with Crippen molar-refractivity contribution in [1.29, 1.82) is 0 Å². The molecule has 0 unspecified atom stereocenters. The highest BCUT2D eigenvalue weighted by molar-refractivity contribution is 6.00. The predicted molar refractivity (Wildman–Crippen MR) is 125 cm³/mol. The molecular formula is C26H37N3O3. The van der Waals surface area contributed by atoms with Crippen molar-refractivity contribution in [3.63, 3.8) is 0 Å². The first-order valence-corrected chi connectivity index (χ1v) is 12.1. The second-order valence-corrected chi connectivity index (χ2v) is 10.4. The fraction of sp³-hybridized carbons (Fsp3) is 0.615. The van der Waals surface area contributed by atoms with Crippen LogP contribution in [-0.4, -0.2) is 39.4 Å². The van der Waals surface area contributed by atoms with Crippen molar-refractivity contribution in [3.05, 3.63) is 36.2 Å². The number of hydrogen-bond donors (Lipinski definition) is 1. The van der Waals surface area contributed by atoms with Gasteiger partial charge in [-0.05, 0) is 61.8 Å². The van der Waals surface area contributed by atoms with Gasteiger partial charge in [0.15, 0.2) is 0 Å². The lowest BCUT2D eigenvalue weighted by molar-refractivity contribution is -0.134. The second kappa shape index (κ2) is 8.80. The third-order valence-electron chi connectivity index (χ3n) is 7.72. The minimum absolute atomic E-state index is 0.0506. The molecule has 6 nitrogen and oxygen atoms in total. The van der Waals surface area contributed by atoms with Gasteiger partial charge in [-0.15, -0.1) is 0 Å². The number of nitrogens with zero attached hydrogens (tertiary/aromatic N) is 2. The van der Waals surface area contributed by atoms with E-state index in [-0.39, 0.29) is 17.9 Å². The molecule has 1 saturated carbocycles. The summed E-state index contributed by atoms with van der Waals surface area (Å²) >= 11 is 0. The quantitative estimate of drug-likeness (QED) is 0.692. The number of rotatable bonds is 6. The molecule has 0 aromatic carbocycles. The Morgan fingerprint density at radius 2 is 1.97 bits per heavy atom. The summed E-state index contributed by atoms with van der Waals surface area (Å²) in [5, 5.41) is 3.36. The van der Waals surface area contributed by atoms with Gasteiger partial charge in [0, 0.05) is 12.6 Å². The molecule has 2 aromatic rings. The number of furan rings is 1. The van der Waals surface area contributed by atoms with Gasteiger partial charge in [0.05, 0.1) is 18.5 Å². The summed E-state index contributed by atoms with van der Waals surface area (Å²) in [5.41, 5.74) is 0.491. The first-order valence-electron chi connectivity index (χ1n) is 12.1. The maximum absolute atomic E-state index is 13.8. The Kier molecular flexibility index (Phi) is 6.24. The Morgan fingerprint density at radius 1 is 1.22 bits per heavy atom. The van der Waals surface area contributed by atoms with Gasteiger partial charge in [-0.3, -0.25) is 9.59 Å². The van der Waals surface area contributed by atoms with E-state index in [0.717, 1.165) is 25.0 Å². The highest BCUT2D eigenvalue weighted by Gasteiger charge is 2.48. The largest absolute Gasteiger partial charge is 0.463 e. The lowest BCUT2D eigenvalue weighted by Gasteiger charge is -2.46. The summed E-state index contributed by atoms with van der Waals surface area (Å²) in [6, 6.07) is 7.65. The molecule has 4 atom stereocenters. The van der Waals surface area contributed by atoms with Crippen LogP contribution in [0.25, 0.3) is 11.5 Å². The molecule has 0 saturated heterocycles. The number of fused-ring (bicyclic) bond motifs is 1. The van der Waals surface area contributed by atoms with Gasteiger partial charge >= 0.3 is 0 Å². The Morgan fingerprint density at radius 3 is 2.66 bits per heavy atom. The van der Waals surface area contributed by atoms with Gasteiger partial charge in [-0.25, -0.2) is 0 Å². The number of amides is 2. The summed E-state index contributed by atoms with van der Waals surface area (Å²) in [6.07, 6.45) is 5.83. The summed E-state index contributed by atoms with van der Waals surface area (Å²) in [6.45, 7) is 11.7. The summed E-state index contributed by atoms with van der Waals surface area (Å²) < 4.78 is 7.57. The number of aromatic nitrogens is 1. The van der Waals surface area contributed by atoms with Crippen LogP contribution in [0.5, 0.6) is 0 Å². The van der Waals surface area contributed by atoms with Crippen LogP contribution in [0.1, 0.15) is 70.8 Å². The normalized spacial score (nSPS) is 28.1. The van der Waals surface area contributed by atoms with Gasteiger partial charge in [-0.2, -0.15) is 0 Å². The Bertz CT molecular complexity index is 961. The number of nitrogens with one attached hydrogen (secondary N) is 1. The van der Waals surface area contributed by atoms with E-state index in [1.54, 1.807) is 11.2 Å². The first kappa shape index (κ1) is 22.7. The minimum Gasteiger partial charge on any atom is -0.463 e. The minimum atomic E-state index is -0.959. The van der Waals surface area contributed by atoms with Crippen molar-refractivity contribution in [2.45, 2.75) is 78.4 Å². The smallest absolute Gasteiger partial charge is 0.271 e. The van der Waals surface area contributed by atoms with E-state index in [2.05, 4.69) is 33.0 Å². The molecule has 32 heavy (non-hydrogen) atoms. The summed E-state index contributed by atoms with van der Waals surface area (Å²) in [5.74, 6) is 2.04. The van der Waals surface area contributed by atoms with E-state index in [1.165, 1.54) is 6.42 Å². The molecule has 1 fully saturated rings. The Labute approximate surface area is 191 Å². The second-order valence-electron chi connectivity index (χ2n) is 10.4. The van der Waals surface area contributed by atoms with E-state index in [4.69, 9.17) is 4.42 Å². The van der Waals surface area contributed by atoms with E-state index in [9.17, 15) is 9.59 Å². The SMILES string of the molecule is CC(C)CCN1C(=O)c2ccc(-c3ccco3)n2C[C@]1(C)C(=O)N[C@@H]1CCC[C@@H](C)[C@@H]1C. The molecule has 0 bridgehead atoms. The highest BCUT2D eigenvalue weighted by atomic mass is 16.3. The van der Waals surface area contributed by atoms with Crippen LogP contribution in [0.2, 0.25) is 0 Å². The van der Waals surface area contributed by atoms with E-state index in [0.29, 0.717) is 42.3 Å². The van der Waals surface area contributed by atoms with Crippen molar-refractivity contribution in [2.24, 2.45) is 17.8 Å². The van der Waals surface area contributed by atoms with E-state index in [1.807, 2.05) is 35.8 Å². The molecule has 0 spiro atoms. The number of hydrogen-bond acceptors (Lipinski definition) is 3. The standard InChI is InChI=1S/C26H37N3O3/c1-17(2)13-14-29-24(30)22-12-11-21(23-10-7-15-32-23)28(22)16-26(29,5)25(31)27-20-9-6-8-18(3)19(20)4/h7,10-12,15,17-20H,6,8-9,13-14,16H2,1-5H3,(H,27,31)/t18-,19+,20-,26-/m1/s1. The first-order chi connectivity index (χ1) is 15.2. The highest BCUT2D eigenvalue weighted by Crippen LogP contribution is 2.35. The Balaban J connectivity index is 1.68. The van der Waals surface area contributed by atoms with Crippen molar-refractivity contribution < 1.29 is 14.0 Å². The summed E-state index contributed by atoms with van der Waals surface area (Å²) in [7, 11) is 0. The van der Waals surface area contributed by atoms with Gasteiger partial charge in [0.1, 0.15) is 17.0 Å². The van der Waals surface area contributed by atoms with Crippen LogP contribution in [-0.2, 0) is 11.3 Å². The molecule has 1 aliphatic heterocycles. The van der Waals surface area contributed by atoms with Crippen molar-refractivity contribution in [2.75, 3.05) is 6.54 Å². The van der Waals surface area contributed by atoms with Gasteiger partial charge in [0.25, 0.3) is 5.91 Å². The lowest BCUT2D eigenvalue weighted by atomic mass is 9.77. The zero-order chi connectivity index (χ0) is 23.0. The maximum Gasteiger partial charge on any atom is 0.271 e. The zero-order valence-corrected chi connectivity index (χ0v) is 20.1. The molecule has 2 amide bonds. The van der Waals surface area contributed by atoms with Crippen molar-refractivity contribution >= 4 is 11.8 Å². The van der Waals surface area contributed by atoms with Crippen LogP contribution in [0.4, 0.5) is 0 Å². The third-order valence-corrected chi connectivity index (χ3v) is 7.72. The van der Waals surface area contributed by atoms with Crippen LogP contribution in [0, 0.1) is 17.8 Å². The summed E-state index contributed by atoms with van der Waals surface area (Å²) in [4.78, 5) is 29.3. The maximum atomic E-state index is 13.8. The molecule has 2 aliphatic rings. The average molecular weight is 440 g/mol. The predicted octanol–water partition coefficient (Wildman–Crippen LogP) is 4.95. The average Bonchev–Trinajstić information content (AvgIpc) is 3.40. The van der Waals surface area contributed by atoms with E-state index < -0.39 is 5.54 Å². The van der Waals surface area contributed by atoms with Gasteiger partial charge < -0.3 is 19.2 Å². The van der Waals surface area contributed by atoms with Crippen LogP contribution < -0.4 is 5.32 Å². The zero-order valence-electron chi connectivity index (χ0n) is 20.1. The molecule has 174 valence electrons. The van der Waals surface area contributed by atoms with Gasteiger partial charge in [-0.1, -0.05) is 40.5 Å². The fourth-order valence-corrected chi connectivity index (χ4v) is 5.26. The van der Waals surface area contributed by atoms with Crippen molar-refractivity contribution in [3.8, 4) is 11.5 Å². The van der Waals surface area contributed by atoms with Crippen molar-refractivity contribution in [1.82, 2.24) is 14.8 Å². The lowest BCUT2D eigenvalue weighted by Crippen LogP contribution is -2.65. The number of carbonyl (C=O) groups is 2. The molecule has 4 rings (SSSR count). The van der Waals surface area contributed by atoms with Crippen LogP contribution >= 0.6 is 0 Å². The molecule has 6 heteroatoms. The van der Waals surface area contributed by atoms with E-state index >= 15 is 0 Å². The molecular weight excluding hydrogens is 402 g/mol. The molecule has 1 aliphatic carbocycles. The molecule has 1 N–H and O–H groups in total.